The number of hydrogen-bond acceptors (Lipinski definition) is 4. The van der Waals surface area contributed by atoms with Crippen LogP contribution in [0.4, 0.5) is 4.79 Å². The van der Waals surface area contributed by atoms with Gasteiger partial charge in [0.2, 0.25) is 0 Å². The third kappa shape index (κ3) is 2.98. The number of amides is 2. The number of rotatable bonds is 1. The van der Waals surface area contributed by atoms with Crippen LogP contribution in [0.5, 0.6) is 0 Å². The van der Waals surface area contributed by atoms with Gasteiger partial charge in [0.1, 0.15) is 0 Å². The highest BCUT2D eigenvalue weighted by Gasteiger charge is 2.39. The minimum absolute atomic E-state index is 0.0650. The van der Waals surface area contributed by atoms with Gasteiger partial charge in [-0.15, -0.1) is 0 Å². The van der Waals surface area contributed by atoms with Crippen LogP contribution in [0.15, 0.2) is 0 Å². The normalized spacial score (nSPS) is 33.4. The van der Waals surface area contributed by atoms with E-state index < -0.39 is 12.1 Å². The third-order valence-corrected chi connectivity index (χ3v) is 4.59. The number of hydrogen-bond donors (Lipinski definition) is 1. The topological polar surface area (TPSA) is 79.3 Å². The zero-order valence-corrected chi connectivity index (χ0v) is 12.1. The van der Waals surface area contributed by atoms with Crippen LogP contribution in [0.25, 0.3) is 0 Å². The summed E-state index contributed by atoms with van der Waals surface area (Å²) in [5.41, 5.74) is 0. The Bertz CT molecular complexity index is 414. The summed E-state index contributed by atoms with van der Waals surface area (Å²) in [5, 5.41) is 9.04. The first kappa shape index (κ1) is 14.6. The number of carbonyl (C=O) groups excluding carboxylic acids is 1. The van der Waals surface area contributed by atoms with Crippen LogP contribution in [-0.2, 0) is 14.3 Å². The van der Waals surface area contributed by atoms with E-state index in [4.69, 9.17) is 14.6 Å². The quantitative estimate of drug-likeness (QED) is 0.764. The highest BCUT2D eigenvalue weighted by molar-refractivity contribution is 5.78. The van der Waals surface area contributed by atoms with Gasteiger partial charge in [-0.1, -0.05) is 12.8 Å². The fourth-order valence-corrected chi connectivity index (χ4v) is 3.49. The van der Waals surface area contributed by atoms with Gasteiger partial charge in [0.15, 0.2) is 6.10 Å². The van der Waals surface area contributed by atoms with E-state index >= 15 is 0 Å². The third-order valence-electron chi connectivity index (χ3n) is 4.59. The number of fused-ring (bicyclic) bond motifs is 1. The van der Waals surface area contributed by atoms with Gasteiger partial charge in [0.05, 0.1) is 31.9 Å². The first-order chi connectivity index (χ1) is 10.2. The molecule has 3 aliphatic rings. The molecule has 2 heterocycles. The zero-order valence-electron chi connectivity index (χ0n) is 12.1. The number of carboxylic acids is 1. The van der Waals surface area contributed by atoms with Crippen molar-refractivity contribution in [1.82, 2.24) is 9.80 Å². The molecule has 1 saturated carbocycles. The number of carboxylic acid groups (broad SMARTS) is 1. The largest absolute Gasteiger partial charge is 0.479 e. The molecule has 2 saturated heterocycles. The molecule has 2 aliphatic heterocycles. The smallest absolute Gasteiger partial charge is 0.334 e. The van der Waals surface area contributed by atoms with Crippen molar-refractivity contribution in [2.45, 2.75) is 43.9 Å². The summed E-state index contributed by atoms with van der Waals surface area (Å²) in [6, 6.07) is 0.0795. The summed E-state index contributed by atoms with van der Waals surface area (Å²) in [4.78, 5) is 27.3. The average molecular weight is 298 g/mol. The van der Waals surface area contributed by atoms with Crippen molar-refractivity contribution in [3.63, 3.8) is 0 Å². The molecule has 3 fully saturated rings. The van der Waals surface area contributed by atoms with E-state index in [9.17, 15) is 9.59 Å². The lowest BCUT2D eigenvalue weighted by Crippen LogP contribution is -2.60. The van der Waals surface area contributed by atoms with Crippen molar-refractivity contribution in [1.29, 1.82) is 0 Å². The monoisotopic (exact) mass is 298 g/mol. The zero-order chi connectivity index (χ0) is 14.8. The molecule has 1 aliphatic carbocycles. The number of ether oxygens (including phenoxy) is 2. The molecule has 2 amide bonds. The summed E-state index contributed by atoms with van der Waals surface area (Å²) < 4.78 is 11.0. The Balaban J connectivity index is 1.67. The Morgan fingerprint density at radius 1 is 1.05 bits per heavy atom. The molecule has 3 unspecified atom stereocenters. The number of nitrogens with zero attached hydrogens (tertiary/aromatic N) is 2. The predicted octanol–water partition coefficient (Wildman–Crippen LogP) is 0.535. The molecular weight excluding hydrogens is 276 g/mol. The second-order valence-corrected chi connectivity index (χ2v) is 5.88. The van der Waals surface area contributed by atoms with Crippen LogP contribution < -0.4 is 0 Å². The second-order valence-electron chi connectivity index (χ2n) is 5.88. The van der Waals surface area contributed by atoms with Crippen molar-refractivity contribution in [3.05, 3.63) is 0 Å². The molecule has 0 bridgehead atoms. The van der Waals surface area contributed by atoms with E-state index in [0.717, 1.165) is 25.7 Å². The van der Waals surface area contributed by atoms with Gasteiger partial charge in [-0.2, -0.15) is 0 Å². The maximum atomic E-state index is 12.7. The average Bonchev–Trinajstić information content (AvgIpc) is 2.53. The van der Waals surface area contributed by atoms with Gasteiger partial charge in [0.25, 0.3) is 0 Å². The van der Waals surface area contributed by atoms with Crippen LogP contribution in [0, 0.1) is 0 Å². The van der Waals surface area contributed by atoms with Crippen LogP contribution >= 0.6 is 0 Å². The lowest BCUT2D eigenvalue weighted by molar-refractivity contribution is -0.155. The van der Waals surface area contributed by atoms with Gasteiger partial charge in [-0.05, 0) is 12.8 Å². The Morgan fingerprint density at radius 2 is 1.81 bits per heavy atom. The summed E-state index contributed by atoms with van der Waals surface area (Å²) in [6.45, 7) is 2.02. The van der Waals surface area contributed by atoms with Gasteiger partial charge < -0.3 is 24.4 Å². The van der Waals surface area contributed by atoms with E-state index in [1.165, 1.54) is 0 Å². The van der Waals surface area contributed by atoms with Crippen LogP contribution in [0.3, 0.4) is 0 Å². The van der Waals surface area contributed by atoms with E-state index in [-0.39, 0.29) is 31.3 Å². The maximum Gasteiger partial charge on any atom is 0.334 e. The molecule has 0 radical (unpaired) electrons. The van der Waals surface area contributed by atoms with E-state index in [0.29, 0.717) is 19.7 Å². The maximum absolute atomic E-state index is 12.7. The number of urea groups is 1. The summed E-state index contributed by atoms with van der Waals surface area (Å²) in [6.07, 6.45) is 3.49. The van der Waals surface area contributed by atoms with E-state index in [1.807, 2.05) is 4.90 Å². The molecule has 21 heavy (non-hydrogen) atoms. The van der Waals surface area contributed by atoms with Crippen molar-refractivity contribution in [3.8, 4) is 0 Å². The second kappa shape index (κ2) is 6.19. The minimum atomic E-state index is -1.01. The number of carbonyl (C=O) groups is 2. The van der Waals surface area contributed by atoms with Crippen molar-refractivity contribution in [2.75, 3.05) is 32.8 Å². The van der Waals surface area contributed by atoms with Crippen LogP contribution in [0.2, 0.25) is 0 Å². The molecule has 118 valence electrons. The fraction of sp³-hybridized carbons (Fsp3) is 0.857. The minimum Gasteiger partial charge on any atom is -0.479 e. The summed E-state index contributed by atoms with van der Waals surface area (Å²) in [7, 11) is 0. The SMILES string of the molecule is O=C(O)C1CN(C(=O)N2CCOC3CCCCC32)CCO1. The van der Waals surface area contributed by atoms with Gasteiger partial charge in [-0.3, -0.25) is 0 Å². The van der Waals surface area contributed by atoms with Gasteiger partial charge in [0, 0.05) is 13.1 Å². The standard InChI is InChI=1S/C14H22N2O5/c17-13(18)12-9-15(5-7-21-12)14(19)16-6-8-20-11-4-2-1-3-10(11)16/h10-12H,1-9H2,(H,17,18). The number of aliphatic carboxylic acids is 1. The highest BCUT2D eigenvalue weighted by Crippen LogP contribution is 2.29. The lowest BCUT2D eigenvalue weighted by Gasteiger charge is -2.46. The van der Waals surface area contributed by atoms with Gasteiger partial charge >= 0.3 is 12.0 Å². The Labute approximate surface area is 123 Å². The Hall–Kier alpha value is -1.34. The van der Waals surface area contributed by atoms with Crippen LogP contribution in [-0.4, -0.2) is 78.0 Å². The fourth-order valence-electron chi connectivity index (χ4n) is 3.49. The molecule has 7 nitrogen and oxygen atoms in total. The lowest BCUT2D eigenvalue weighted by atomic mass is 9.90. The molecule has 0 spiro atoms. The van der Waals surface area contributed by atoms with Crippen LogP contribution in [0.1, 0.15) is 25.7 Å². The molecule has 3 rings (SSSR count). The molecule has 7 heteroatoms. The van der Waals surface area contributed by atoms with Crippen molar-refractivity contribution < 1.29 is 24.2 Å². The predicted molar refractivity (Wildman–Crippen MR) is 73.0 cm³/mol. The molecule has 0 aromatic carbocycles. The molecule has 0 aromatic heterocycles. The van der Waals surface area contributed by atoms with E-state index in [2.05, 4.69) is 0 Å². The summed E-state index contributed by atoms with van der Waals surface area (Å²) in [5.74, 6) is -1.01. The highest BCUT2D eigenvalue weighted by atomic mass is 16.5. The Morgan fingerprint density at radius 3 is 2.62 bits per heavy atom. The number of morpholine rings is 2. The van der Waals surface area contributed by atoms with Crippen molar-refractivity contribution in [2.24, 2.45) is 0 Å². The first-order valence-corrected chi connectivity index (χ1v) is 7.68. The molecular formula is C14H22N2O5. The van der Waals surface area contributed by atoms with Gasteiger partial charge in [-0.25, -0.2) is 9.59 Å². The molecule has 3 atom stereocenters. The molecule has 1 N–H and O–H groups in total. The van der Waals surface area contributed by atoms with Crippen molar-refractivity contribution >= 4 is 12.0 Å². The molecule has 0 aromatic rings. The van der Waals surface area contributed by atoms with E-state index in [1.54, 1.807) is 4.90 Å². The first-order valence-electron chi connectivity index (χ1n) is 7.68. The summed E-state index contributed by atoms with van der Waals surface area (Å²) >= 11 is 0. The Kier molecular flexibility index (Phi) is 4.30.